The smallest absolute Gasteiger partial charge is 0.319 e. The summed E-state index contributed by atoms with van der Waals surface area (Å²) in [5, 5.41) is 9.25. The van der Waals surface area contributed by atoms with E-state index in [1.165, 1.54) is 5.56 Å². The third-order valence-electron chi connectivity index (χ3n) is 5.17. The number of carboxylic acids is 1. The van der Waals surface area contributed by atoms with Crippen molar-refractivity contribution in [3.63, 3.8) is 0 Å². The Hall–Kier alpha value is -2.04. The number of para-hydroxylation sites is 1. The van der Waals surface area contributed by atoms with E-state index in [0.717, 1.165) is 25.0 Å². The molecule has 0 unspecified atom stereocenters. The summed E-state index contributed by atoms with van der Waals surface area (Å²) in [6, 6.07) is 8.03. The maximum atomic E-state index is 12.4. The minimum Gasteiger partial charge on any atom is -0.496 e. The van der Waals surface area contributed by atoms with Gasteiger partial charge < -0.3 is 14.7 Å². The molecule has 1 aliphatic carbocycles. The molecule has 0 radical (unpaired) electrons. The van der Waals surface area contributed by atoms with Gasteiger partial charge in [0, 0.05) is 13.1 Å². The molecular weight excluding hydrogens is 294 g/mol. The summed E-state index contributed by atoms with van der Waals surface area (Å²) in [7, 11) is 1.68. The molecule has 1 aliphatic heterocycles. The molecule has 0 aromatic heterocycles. The van der Waals surface area contributed by atoms with E-state index < -0.39 is 11.4 Å². The molecule has 1 aromatic rings. The van der Waals surface area contributed by atoms with E-state index >= 15 is 0 Å². The first-order valence-electron chi connectivity index (χ1n) is 8.21. The highest BCUT2D eigenvalue weighted by atomic mass is 16.5. The standard InChI is InChI=1S/C18H23NO4/c1-23-15-5-3-2-4-14(15)12-13-6-10-19(11-7-13)16(20)18(8-9-18)17(21)22/h2-5,13H,6-12H2,1H3,(H,21,22). The van der Waals surface area contributed by atoms with Gasteiger partial charge >= 0.3 is 5.97 Å². The number of benzene rings is 1. The molecule has 0 atom stereocenters. The van der Waals surface area contributed by atoms with Gasteiger partial charge in [-0.05, 0) is 49.7 Å². The number of amides is 1. The number of nitrogens with zero attached hydrogens (tertiary/aromatic N) is 1. The Morgan fingerprint density at radius 2 is 1.91 bits per heavy atom. The van der Waals surface area contributed by atoms with E-state index in [2.05, 4.69) is 6.07 Å². The topological polar surface area (TPSA) is 66.8 Å². The molecule has 5 heteroatoms. The Bertz CT molecular complexity index is 601. The fourth-order valence-electron chi connectivity index (χ4n) is 3.47. The first-order valence-corrected chi connectivity index (χ1v) is 8.21. The van der Waals surface area contributed by atoms with Gasteiger partial charge in [0.15, 0.2) is 0 Å². The predicted molar refractivity (Wildman–Crippen MR) is 85.3 cm³/mol. The summed E-state index contributed by atoms with van der Waals surface area (Å²) in [5.41, 5.74) is 0.0964. The first kappa shape index (κ1) is 15.8. The van der Waals surface area contributed by atoms with Gasteiger partial charge in [-0.15, -0.1) is 0 Å². The molecule has 124 valence electrons. The third kappa shape index (κ3) is 3.05. The van der Waals surface area contributed by atoms with Gasteiger partial charge in [-0.1, -0.05) is 18.2 Å². The van der Waals surface area contributed by atoms with Crippen LogP contribution in [0.2, 0.25) is 0 Å². The van der Waals surface area contributed by atoms with Gasteiger partial charge in [0.2, 0.25) is 5.91 Å². The first-order chi connectivity index (χ1) is 11.1. The van der Waals surface area contributed by atoms with E-state index in [9.17, 15) is 14.7 Å². The molecule has 1 heterocycles. The molecule has 1 N–H and O–H groups in total. The summed E-state index contributed by atoms with van der Waals surface area (Å²) < 4.78 is 5.40. The Morgan fingerprint density at radius 3 is 2.48 bits per heavy atom. The highest BCUT2D eigenvalue weighted by Crippen LogP contribution is 2.48. The van der Waals surface area contributed by atoms with Crippen LogP contribution in [0.5, 0.6) is 5.75 Å². The molecule has 1 saturated heterocycles. The highest BCUT2D eigenvalue weighted by molar-refractivity contribution is 6.04. The molecule has 1 aromatic carbocycles. The average molecular weight is 317 g/mol. The molecular formula is C18H23NO4. The van der Waals surface area contributed by atoms with Crippen molar-refractivity contribution in [2.75, 3.05) is 20.2 Å². The molecule has 0 bridgehead atoms. The number of carboxylic acid groups (broad SMARTS) is 1. The monoisotopic (exact) mass is 317 g/mol. The van der Waals surface area contributed by atoms with Gasteiger partial charge in [0.05, 0.1) is 7.11 Å². The number of ether oxygens (including phenoxy) is 1. The number of carbonyl (C=O) groups is 2. The van der Waals surface area contributed by atoms with Crippen molar-refractivity contribution in [2.24, 2.45) is 11.3 Å². The van der Waals surface area contributed by atoms with E-state index in [1.807, 2.05) is 18.2 Å². The molecule has 3 rings (SSSR count). The van der Waals surface area contributed by atoms with Gasteiger partial charge in [-0.3, -0.25) is 9.59 Å². The summed E-state index contributed by atoms with van der Waals surface area (Å²) >= 11 is 0. The summed E-state index contributed by atoms with van der Waals surface area (Å²) in [4.78, 5) is 25.4. The number of aliphatic carboxylic acids is 1. The van der Waals surface area contributed by atoms with Crippen molar-refractivity contribution in [2.45, 2.75) is 32.1 Å². The van der Waals surface area contributed by atoms with Crippen molar-refractivity contribution in [3.8, 4) is 5.75 Å². The zero-order valence-corrected chi connectivity index (χ0v) is 13.5. The normalized spacial score (nSPS) is 20.1. The minimum absolute atomic E-state index is 0.180. The van der Waals surface area contributed by atoms with Gasteiger partial charge in [0.1, 0.15) is 11.2 Å². The number of rotatable bonds is 5. The molecule has 2 aliphatic rings. The van der Waals surface area contributed by atoms with Crippen LogP contribution in [-0.2, 0) is 16.0 Å². The van der Waals surface area contributed by atoms with E-state index in [-0.39, 0.29) is 5.91 Å². The quantitative estimate of drug-likeness (QED) is 0.847. The van der Waals surface area contributed by atoms with E-state index in [1.54, 1.807) is 12.0 Å². The number of piperidine rings is 1. The SMILES string of the molecule is COc1ccccc1CC1CCN(C(=O)C2(C(=O)O)CC2)CC1. The van der Waals surface area contributed by atoms with Crippen molar-refractivity contribution in [1.82, 2.24) is 4.90 Å². The van der Waals surface area contributed by atoms with Gasteiger partial charge in [-0.25, -0.2) is 0 Å². The van der Waals surface area contributed by atoms with Crippen LogP contribution in [0.15, 0.2) is 24.3 Å². The van der Waals surface area contributed by atoms with Crippen LogP contribution in [0, 0.1) is 11.3 Å². The van der Waals surface area contributed by atoms with Crippen molar-refractivity contribution >= 4 is 11.9 Å². The van der Waals surface area contributed by atoms with Crippen molar-refractivity contribution in [1.29, 1.82) is 0 Å². The number of hydrogen-bond acceptors (Lipinski definition) is 3. The lowest BCUT2D eigenvalue weighted by Crippen LogP contribution is -2.45. The number of methoxy groups -OCH3 is 1. The van der Waals surface area contributed by atoms with Crippen LogP contribution in [0.4, 0.5) is 0 Å². The lowest BCUT2D eigenvalue weighted by atomic mass is 9.89. The predicted octanol–water partition coefficient (Wildman–Crippen LogP) is 2.34. The van der Waals surface area contributed by atoms with Crippen molar-refractivity contribution in [3.05, 3.63) is 29.8 Å². The fourth-order valence-corrected chi connectivity index (χ4v) is 3.47. The van der Waals surface area contributed by atoms with Crippen molar-refractivity contribution < 1.29 is 19.4 Å². The number of hydrogen-bond donors (Lipinski definition) is 1. The fraction of sp³-hybridized carbons (Fsp3) is 0.556. The lowest BCUT2D eigenvalue weighted by molar-refractivity contribution is -0.154. The largest absolute Gasteiger partial charge is 0.496 e. The average Bonchev–Trinajstić information content (AvgIpc) is 3.37. The number of likely N-dealkylation sites (tertiary alicyclic amines) is 1. The molecule has 1 amide bonds. The Kier molecular flexibility index (Phi) is 4.28. The number of carbonyl (C=O) groups excluding carboxylic acids is 1. The minimum atomic E-state index is -1.10. The van der Waals surface area contributed by atoms with Crippen LogP contribution in [0.1, 0.15) is 31.2 Å². The maximum Gasteiger partial charge on any atom is 0.319 e. The van der Waals surface area contributed by atoms with Crippen LogP contribution in [0.3, 0.4) is 0 Å². The molecule has 23 heavy (non-hydrogen) atoms. The zero-order chi connectivity index (χ0) is 16.4. The van der Waals surface area contributed by atoms with Crippen LogP contribution >= 0.6 is 0 Å². The Labute approximate surface area is 136 Å². The van der Waals surface area contributed by atoms with E-state index in [0.29, 0.717) is 31.8 Å². The van der Waals surface area contributed by atoms with E-state index in [4.69, 9.17) is 4.74 Å². The lowest BCUT2D eigenvalue weighted by Gasteiger charge is -2.33. The zero-order valence-electron chi connectivity index (χ0n) is 13.5. The second-order valence-electron chi connectivity index (χ2n) is 6.64. The highest BCUT2D eigenvalue weighted by Gasteiger charge is 2.58. The molecule has 2 fully saturated rings. The summed E-state index contributed by atoms with van der Waals surface area (Å²) in [5.74, 6) is 0.281. The Morgan fingerprint density at radius 1 is 1.26 bits per heavy atom. The second kappa shape index (κ2) is 6.22. The summed E-state index contributed by atoms with van der Waals surface area (Å²) in [6.07, 6.45) is 3.75. The Balaban J connectivity index is 1.57. The van der Waals surface area contributed by atoms with Gasteiger partial charge in [-0.2, -0.15) is 0 Å². The molecule has 0 spiro atoms. The van der Waals surface area contributed by atoms with Crippen LogP contribution < -0.4 is 4.74 Å². The van der Waals surface area contributed by atoms with Gasteiger partial charge in [0.25, 0.3) is 0 Å². The third-order valence-corrected chi connectivity index (χ3v) is 5.17. The molecule has 1 saturated carbocycles. The van der Waals surface area contributed by atoms with Crippen LogP contribution in [-0.4, -0.2) is 42.1 Å². The second-order valence-corrected chi connectivity index (χ2v) is 6.64. The van der Waals surface area contributed by atoms with Crippen LogP contribution in [0.25, 0.3) is 0 Å². The molecule has 5 nitrogen and oxygen atoms in total. The maximum absolute atomic E-state index is 12.4. The summed E-state index contributed by atoms with van der Waals surface area (Å²) in [6.45, 7) is 1.32.